The van der Waals surface area contributed by atoms with Gasteiger partial charge in [0.15, 0.2) is 0 Å². The van der Waals surface area contributed by atoms with Gasteiger partial charge in [-0.1, -0.05) is 20.8 Å². The third-order valence-electron chi connectivity index (χ3n) is 4.66. The van der Waals surface area contributed by atoms with Gasteiger partial charge in [0.2, 0.25) is 0 Å². The maximum absolute atomic E-state index is 14.2. The van der Waals surface area contributed by atoms with E-state index >= 15 is 0 Å². The molecule has 0 bridgehead atoms. The first-order valence-corrected chi connectivity index (χ1v) is 8.99. The molecule has 1 heterocycles. The molecule has 2 amide bonds. The minimum Gasteiger partial charge on any atom is -0.493 e. The Hall–Kier alpha value is -2.31. The first-order chi connectivity index (χ1) is 12.3. The van der Waals surface area contributed by atoms with Gasteiger partial charge in [0.1, 0.15) is 11.6 Å². The van der Waals surface area contributed by atoms with E-state index in [1.165, 1.54) is 17.0 Å². The van der Waals surface area contributed by atoms with Crippen LogP contribution >= 0.6 is 0 Å². The molecule has 26 heavy (non-hydrogen) atoms. The summed E-state index contributed by atoms with van der Waals surface area (Å²) in [7, 11) is 0. The Morgan fingerprint density at radius 3 is 2.73 bits per heavy atom. The molecule has 0 aromatic heterocycles. The van der Waals surface area contributed by atoms with E-state index in [-0.39, 0.29) is 11.6 Å². The second-order valence-electron chi connectivity index (χ2n) is 7.26. The van der Waals surface area contributed by atoms with Crippen LogP contribution in [0.5, 0.6) is 5.75 Å². The number of urea groups is 1. The Balaban J connectivity index is 1.92. The summed E-state index contributed by atoms with van der Waals surface area (Å²) in [5, 5.41) is 11.7. The minimum absolute atomic E-state index is 0.0826. The van der Waals surface area contributed by atoms with Crippen LogP contribution in [0.25, 0.3) is 0 Å². The van der Waals surface area contributed by atoms with Gasteiger partial charge in [-0.05, 0) is 36.8 Å². The molecule has 2 unspecified atom stereocenters. The smallest absolute Gasteiger partial charge is 0.321 e. The summed E-state index contributed by atoms with van der Waals surface area (Å²) >= 11 is 0. The molecule has 2 N–H and O–H groups in total. The predicted molar refractivity (Wildman–Crippen MR) is 96.8 cm³/mol. The maximum atomic E-state index is 14.2. The number of carbonyl (C=O) groups excluding carboxylic acids is 1. The molecule has 1 aromatic rings. The third kappa shape index (κ3) is 5.34. The highest BCUT2D eigenvalue weighted by Crippen LogP contribution is 2.25. The van der Waals surface area contributed by atoms with Crippen molar-refractivity contribution in [2.45, 2.75) is 33.6 Å². The number of hydrogen-bond acceptors (Lipinski definition) is 3. The molecule has 144 valence electrons. The number of rotatable bonds is 6. The molecule has 0 radical (unpaired) electrons. The number of ether oxygens (including phenoxy) is 1. The number of likely N-dealkylation sites (tertiary alicyclic amines) is 1. The number of nitrogens with zero attached hydrogens (tertiary/aromatic N) is 1. The largest absolute Gasteiger partial charge is 0.493 e. The van der Waals surface area contributed by atoms with Crippen molar-refractivity contribution in [1.29, 1.82) is 0 Å². The number of aliphatic carboxylic acids is 1. The SMILES string of the molecule is CC(C)CCOc1ccc(NC(=O)N2CCC(C(=O)O)C(C)C2)c(F)c1. The molecule has 0 spiro atoms. The standard InChI is InChI=1S/C19H27FN2O4/c1-12(2)7-9-26-14-4-5-17(16(20)10-14)21-19(25)22-8-6-15(18(23)24)13(3)11-22/h4-5,10,12-13,15H,6-9,11H2,1-3H3,(H,21,25)(H,23,24). The zero-order valence-corrected chi connectivity index (χ0v) is 15.5. The highest BCUT2D eigenvalue weighted by atomic mass is 19.1. The van der Waals surface area contributed by atoms with E-state index in [9.17, 15) is 14.0 Å². The number of anilines is 1. The summed E-state index contributed by atoms with van der Waals surface area (Å²) in [6.07, 6.45) is 1.28. The second-order valence-corrected chi connectivity index (χ2v) is 7.26. The highest BCUT2D eigenvalue weighted by molar-refractivity contribution is 5.89. The van der Waals surface area contributed by atoms with Gasteiger partial charge in [-0.25, -0.2) is 9.18 Å². The monoisotopic (exact) mass is 366 g/mol. The van der Waals surface area contributed by atoms with Crippen molar-refractivity contribution in [3.63, 3.8) is 0 Å². The van der Waals surface area contributed by atoms with E-state index in [1.54, 1.807) is 6.07 Å². The number of piperidine rings is 1. The first kappa shape index (κ1) is 20.0. The average molecular weight is 366 g/mol. The fourth-order valence-corrected chi connectivity index (χ4v) is 2.99. The molecule has 7 heteroatoms. The lowest BCUT2D eigenvalue weighted by molar-refractivity contribution is -0.145. The predicted octanol–water partition coefficient (Wildman–Crippen LogP) is 3.83. The number of hydrogen-bond donors (Lipinski definition) is 2. The molecule has 1 fully saturated rings. The molecule has 2 rings (SSSR count). The lowest BCUT2D eigenvalue weighted by atomic mass is 9.87. The summed E-state index contributed by atoms with van der Waals surface area (Å²) in [5.74, 6) is -1.06. The van der Waals surface area contributed by atoms with Crippen LogP contribution in [0.15, 0.2) is 18.2 Å². The van der Waals surface area contributed by atoms with Crippen LogP contribution in [0, 0.1) is 23.6 Å². The van der Waals surface area contributed by atoms with Gasteiger partial charge < -0.3 is 20.1 Å². The second kappa shape index (κ2) is 8.87. The van der Waals surface area contributed by atoms with E-state index in [1.807, 2.05) is 6.92 Å². The van der Waals surface area contributed by atoms with E-state index in [0.29, 0.717) is 37.8 Å². The molecule has 6 nitrogen and oxygen atoms in total. The van der Waals surface area contributed by atoms with Crippen LogP contribution in [0.1, 0.15) is 33.6 Å². The van der Waals surface area contributed by atoms with Crippen molar-refractivity contribution < 1.29 is 23.8 Å². The molecular formula is C19H27FN2O4. The van der Waals surface area contributed by atoms with Crippen molar-refractivity contribution >= 4 is 17.7 Å². The Morgan fingerprint density at radius 2 is 2.15 bits per heavy atom. The molecule has 1 aromatic carbocycles. The molecule has 1 saturated heterocycles. The zero-order chi connectivity index (χ0) is 19.3. The summed E-state index contributed by atoms with van der Waals surface area (Å²) in [6.45, 7) is 7.17. The Kier molecular flexibility index (Phi) is 6.83. The number of benzene rings is 1. The number of carboxylic acids is 1. The molecule has 1 aliphatic heterocycles. The van der Waals surface area contributed by atoms with Crippen molar-refractivity contribution in [2.24, 2.45) is 17.8 Å². The number of halogens is 1. The third-order valence-corrected chi connectivity index (χ3v) is 4.66. The van der Waals surface area contributed by atoms with E-state index in [0.717, 1.165) is 6.42 Å². The summed E-state index contributed by atoms with van der Waals surface area (Å²) in [6, 6.07) is 3.94. The Morgan fingerprint density at radius 1 is 1.42 bits per heavy atom. The quantitative estimate of drug-likeness (QED) is 0.802. The van der Waals surface area contributed by atoms with Gasteiger partial charge in [-0.2, -0.15) is 0 Å². The maximum Gasteiger partial charge on any atom is 0.321 e. The van der Waals surface area contributed by atoms with Gasteiger partial charge >= 0.3 is 12.0 Å². The summed E-state index contributed by atoms with van der Waals surface area (Å²) < 4.78 is 19.7. The fourth-order valence-electron chi connectivity index (χ4n) is 2.99. The molecular weight excluding hydrogens is 339 g/mol. The fraction of sp³-hybridized carbons (Fsp3) is 0.579. The molecule has 0 aliphatic carbocycles. The zero-order valence-electron chi connectivity index (χ0n) is 15.5. The number of carboxylic acid groups (broad SMARTS) is 1. The van der Waals surface area contributed by atoms with Crippen molar-refractivity contribution in [3.05, 3.63) is 24.0 Å². The minimum atomic E-state index is -0.836. The van der Waals surface area contributed by atoms with Gasteiger partial charge in [0, 0.05) is 19.2 Å². The Bertz CT molecular complexity index is 650. The number of nitrogens with one attached hydrogen (secondary N) is 1. The first-order valence-electron chi connectivity index (χ1n) is 8.99. The summed E-state index contributed by atoms with van der Waals surface area (Å²) in [5.41, 5.74) is 0.0826. The van der Waals surface area contributed by atoms with Gasteiger partial charge in [0.05, 0.1) is 18.2 Å². The van der Waals surface area contributed by atoms with Gasteiger partial charge in [-0.15, -0.1) is 0 Å². The molecule has 2 atom stereocenters. The van der Waals surface area contributed by atoms with Crippen molar-refractivity contribution in [1.82, 2.24) is 4.90 Å². The van der Waals surface area contributed by atoms with E-state index in [2.05, 4.69) is 19.2 Å². The highest BCUT2D eigenvalue weighted by Gasteiger charge is 2.33. The van der Waals surface area contributed by atoms with Crippen LogP contribution in [0.4, 0.5) is 14.9 Å². The lowest BCUT2D eigenvalue weighted by Gasteiger charge is -2.34. The van der Waals surface area contributed by atoms with Gasteiger partial charge in [0.25, 0.3) is 0 Å². The van der Waals surface area contributed by atoms with Crippen LogP contribution < -0.4 is 10.1 Å². The van der Waals surface area contributed by atoms with Crippen LogP contribution in [0.2, 0.25) is 0 Å². The number of carbonyl (C=O) groups is 2. The van der Waals surface area contributed by atoms with Crippen molar-refractivity contribution in [3.8, 4) is 5.75 Å². The number of amides is 2. The average Bonchev–Trinajstić information content (AvgIpc) is 2.56. The van der Waals surface area contributed by atoms with E-state index < -0.39 is 23.7 Å². The van der Waals surface area contributed by atoms with Crippen LogP contribution in [-0.4, -0.2) is 41.7 Å². The lowest BCUT2D eigenvalue weighted by Crippen LogP contribution is -2.46. The van der Waals surface area contributed by atoms with Crippen LogP contribution in [0.3, 0.4) is 0 Å². The normalized spacial score (nSPS) is 20.1. The van der Waals surface area contributed by atoms with Crippen LogP contribution in [-0.2, 0) is 4.79 Å². The van der Waals surface area contributed by atoms with Crippen molar-refractivity contribution in [2.75, 3.05) is 25.0 Å². The molecule has 1 aliphatic rings. The topological polar surface area (TPSA) is 78.9 Å². The van der Waals surface area contributed by atoms with E-state index in [4.69, 9.17) is 9.84 Å². The Labute approximate surface area is 153 Å². The molecule has 0 saturated carbocycles. The van der Waals surface area contributed by atoms with Gasteiger partial charge in [-0.3, -0.25) is 4.79 Å². The summed E-state index contributed by atoms with van der Waals surface area (Å²) in [4.78, 5) is 25.0.